The molecule has 0 unspecified atom stereocenters. The highest BCUT2D eigenvalue weighted by atomic mass is 35.5. The number of rotatable bonds is 5. The molecule has 0 aliphatic rings. The van der Waals surface area contributed by atoms with Gasteiger partial charge in [0, 0.05) is 5.56 Å². The molecule has 0 fully saturated rings. The van der Waals surface area contributed by atoms with Crippen LogP contribution in [0.3, 0.4) is 0 Å². The fourth-order valence-corrected chi connectivity index (χ4v) is 2.49. The van der Waals surface area contributed by atoms with Gasteiger partial charge >= 0.3 is 0 Å². The minimum absolute atomic E-state index is 0.351. The lowest BCUT2D eigenvalue weighted by atomic mass is 10.2. The smallest absolute Gasteiger partial charge is 0.274 e. The number of methoxy groups -OCH3 is 1. The van der Waals surface area contributed by atoms with Crippen molar-refractivity contribution >= 4 is 23.7 Å². The van der Waals surface area contributed by atoms with Crippen molar-refractivity contribution in [1.82, 2.24) is 5.43 Å². The molecule has 0 radical (unpaired) electrons. The number of hydrogen-bond acceptors (Lipinski definition) is 5. The van der Waals surface area contributed by atoms with Crippen molar-refractivity contribution in [2.24, 2.45) is 5.10 Å². The molecule has 2 aromatic heterocycles. The summed E-state index contributed by atoms with van der Waals surface area (Å²) in [4.78, 5) is 11.9. The molecule has 25 heavy (non-hydrogen) atoms. The number of hydrogen-bond donors (Lipinski definition) is 1. The van der Waals surface area contributed by atoms with Crippen LogP contribution in [-0.4, -0.2) is 19.2 Å². The molecule has 1 amide bonds. The van der Waals surface area contributed by atoms with E-state index in [4.69, 9.17) is 25.2 Å². The molecule has 0 saturated heterocycles. The molecule has 128 valence electrons. The summed E-state index contributed by atoms with van der Waals surface area (Å²) in [6, 6.07) is 10.5. The van der Waals surface area contributed by atoms with Crippen molar-refractivity contribution in [3.63, 3.8) is 0 Å². The molecule has 3 aromatic rings. The maximum absolute atomic E-state index is 11.9. The SMILES string of the molecule is COc1ccc(-c2ccc(/C=N/NC(=O)c3ccoc3C)o2)cc1Cl. The molecule has 2 heterocycles. The van der Waals surface area contributed by atoms with Gasteiger partial charge in [-0.05, 0) is 43.3 Å². The number of ether oxygens (including phenoxy) is 1. The summed E-state index contributed by atoms with van der Waals surface area (Å²) in [6.45, 7) is 1.71. The highest BCUT2D eigenvalue weighted by Crippen LogP contribution is 2.30. The van der Waals surface area contributed by atoms with Crippen LogP contribution < -0.4 is 10.2 Å². The number of hydrazone groups is 1. The minimum atomic E-state index is -0.351. The van der Waals surface area contributed by atoms with Gasteiger partial charge in [0.2, 0.25) is 0 Å². The summed E-state index contributed by atoms with van der Waals surface area (Å²) in [5.41, 5.74) is 3.66. The molecule has 3 rings (SSSR count). The predicted octanol–water partition coefficient (Wildman–Crippen LogP) is 4.27. The second-order valence-corrected chi connectivity index (χ2v) is 5.55. The molecule has 0 atom stereocenters. The van der Waals surface area contributed by atoms with E-state index in [1.807, 2.05) is 6.07 Å². The van der Waals surface area contributed by atoms with Crippen molar-refractivity contribution in [3.05, 3.63) is 64.8 Å². The molecule has 0 saturated carbocycles. The molecule has 1 aromatic carbocycles. The first-order valence-electron chi connectivity index (χ1n) is 7.39. The van der Waals surface area contributed by atoms with E-state index in [1.54, 1.807) is 44.4 Å². The third kappa shape index (κ3) is 3.75. The Labute approximate surface area is 149 Å². The molecule has 0 spiro atoms. The zero-order chi connectivity index (χ0) is 17.8. The lowest BCUT2D eigenvalue weighted by Crippen LogP contribution is -2.17. The maximum atomic E-state index is 11.9. The predicted molar refractivity (Wildman–Crippen MR) is 94.2 cm³/mol. The minimum Gasteiger partial charge on any atom is -0.495 e. The van der Waals surface area contributed by atoms with Gasteiger partial charge in [-0.1, -0.05) is 11.6 Å². The van der Waals surface area contributed by atoms with Crippen molar-refractivity contribution in [3.8, 4) is 17.1 Å². The molecule has 0 bridgehead atoms. The normalized spacial score (nSPS) is 11.0. The first kappa shape index (κ1) is 16.9. The Balaban J connectivity index is 1.68. The molecule has 6 nitrogen and oxygen atoms in total. The Hall–Kier alpha value is -2.99. The number of nitrogens with one attached hydrogen (secondary N) is 1. The van der Waals surface area contributed by atoms with Gasteiger partial charge in [-0.15, -0.1) is 0 Å². The van der Waals surface area contributed by atoms with Crippen molar-refractivity contribution in [2.45, 2.75) is 6.92 Å². The van der Waals surface area contributed by atoms with Crippen LogP contribution in [0.4, 0.5) is 0 Å². The van der Waals surface area contributed by atoms with Crippen LogP contribution in [0.2, 0.25) is 5.02 Å². The number of carbonyl (C=O) groups is 1. The monoisotopic (exact) mass is 358 g/mol. The van der Waals surface area contributed by atoms with E-state index in [0.29, 0.717) is 33.6 Å². The molecule has 0 aliphatic heterocycles. The van der Waals surface area contributed by atoms with Crippen LogP contribution in [0.5, 0.6) is 5.75 Å². The fraction of sp³-hybridized carbons (Fsp3) is 0.111. The Kier molecular flexibility index (Phi) is 4.90. The summed E-state index contributed by atoms with van der Waals surface area (Å²) in [6.07, 6.45) is 2.87. The van der Waals surface area contributed by atoms with Gasteiger partial charge in [-0.3, -0.25) is 4.79 Å². The highest BCUT2D eigenvalue weighted by molar-refractivity contribution is 6.32. The van der Waals surface area contributed by atoms with Crippen molar-refractivity contribution in [2.75, 3.05) is 7.11 Å². The number of benzene rings is 1. The van der Waals surface area contributed by atoms with E-state index in [-0.39, 0.29) is 5.91 Å². The van der Waals surface area contributed by atoms with Gasteiger partial charge in [-0.25, -0.2) is 5.43 Å². The van der Waals surface area contributed by atoms with Gasteiger partial charge in [-0.2, -0.15) is 5.10 Å². The van der Waals surface area contributed by atoms with Gasteiger partial charge < -0.3 is 13.6 Å². The standard InChI is InChI=1S/C18H15ClN2O4/c1-11-14(7-8-24-11)18(22)21-20-10-13-4-6-16(25-13)12-3-5-17(23-2)15(19)9-12/h3-10H,1-2H3,(H,21,22)/b20-10+. The molecular weight excluding hydrogens is 344 g/mol. The van der Waals surface area contributed by atoms with Crippen LogP contribution in [0.15, 0.2) is 56.6 Å². The molecule has 7 heteroatoms. The van der Waals surface area contributed by atoms with Crippen molar-refractivity contribution in [1.29, 1.82) is 0 Å². The number of amides is 1. The lowest BCUT2D eigenvalue weighted by molar-refractivity contribution is 0.0953. The van der Waals surface area contributed by atoms with Crippen molar-refractivity contribution < 1.29 is 18.4 Å². The second kappa shape index (κ2) is 7.27. The van der Waals surface area contributed by atoms with Gasteiger partial charge in [0.25, 0.3) is 5.91 Å². The highest BCUT2D eigenvalue weighted by Gasteiger charge is 2.10. The average molecular weight is 359 g/mol. The van der Waals surface area contributed by atoms with Gasteiger partial charge in [0.15, 0.2) is 0 Å². The summed E-state index contributed by atoms with van der Waals surface area (Å²) < 4.78 is 15.9. The van der Waals surface area contributed by atoms with E-state index in [9.17, 15) is 4.79 Å². The Morgan fingerprint density at radius 2 is 2.12 bits per heavy atom. The first-order valence-corrected chi connectivity index (χ1v) is 7.77. The third-order valence-electron chi connectivity index (χ3n) is 3.52. The fourth-order valence-electron chi connectivity index (χ4n) is 2.23. The quantitative estimate of drug-likeness (QED) is 0.545. The van der Waals surface area contributed by atoms with Gasteiger partial charge in [0.1, 0.15) is 23.0 Å². The molecule has 0 aliphatic carbocycles. The topological polar surface area (TPSA) is 77.0 Å². The van der Waals surface area contributed by atoms with E-state index < -0.39 is 0 Å². The van der Waals surface area contributed by atoms with Crippen LogP contribution in [0, 0.1) is 6.92 Å². The van der Waals surface area contributed by atoms with Crippen LogP contribution in [-0.2, 0) is 0 Å². The third-order valence-corrected chi connectivity index (χ3v) is 3.82. The summed E-state index contributed by atoms with van der Waals surface area (Å²) in [7, 11) is 1.56. The number of carbonyl (C=O) groups excluding carboxylic acids is 1. The number of aryl methyl sites for hydroxylation is 1. The largest absolute Gasteiger partial charge is 0.495 e. The van der Waals surface area contributed by atoms with Crippen LogP contribution >= 0.6 is 11.6 Å². The van der Waals surface area contributed by atoms with E-state index >= 15 is 0 Å². The Bertz CT molecular complexity index is 927. The average Bonchev–Trinajstić information content (AvgIpc) is 3.23. The van der Waals surface area contributed by atoms with E-state index in [0.717, 1.165) is 5.56 Å². The number of halogens is 1. The Morgan fingerprint density at radius 3 is 2.80 bits per heavy atom. The summed E-state index contributed by atoms with van der Waals surface area (Å²) in [5.74, 6) is 1.89. The zero-order valence-corrected chi connectivity index (χ0v) is 14.3. The molecular formula is C18H15ClN2O4. The molecule has 1 N–H and O–H groups in total. The summed E-state index contributed by atoms with van der Waals surface area (Å²) >= 11 is 6.12. The van der Waals surface area contributed by atoms with E-state index in [1.165, 1.54) is 12.5 Å². The zero-order valence-electron chi connectivity index (χ0n) is 13.6. The Morgan fingerprint density at radius 1 is 1.28 bits per heavy atom. The number of furan rings is 2. The van der Waals surface area contributed by atoms with Gasteiger partial charge in [0.05, 0.1) is 30.2 Å². The summed E-state index contributed by atoms with van der Waals surface area (Å²) in [5, 5.41) is 4.38. The van der Waals surface area contributed by atoms with Crippen LogP contribution in [0.25, 0.3) is 11.3 Å². The van der Waals surface area contributed by atoms with Crippen LogP contribution in [0.1, 0.15) is 21.9 Å². The van der Waals surface area contributed by atoms with E-state index in [2.05, 4.69) is 10.5 Å². The second-order valence-electron chi connectivity index (χ2n) is 5.14. The number of nitrogens with zero attached hydrogens (tertiary/aromatic N) is 1. The first-order chi connectivity index (χ1) is 12.1. The lowest BCUT2D eigenvalue weighted by Gasteiger charge is -2.04. The maximum Gasteiger partial charge on any atom is 0.274 e.